The highest BCUT2D eigenvalue weighted by molar-refractivity contribution is 6.04. The summed E-state index contributed by atoms with van der Waals surface area (Å²) >= 11 is 0. The Morgan fingerprint density at radius 2 is 1.49 bits per heavy atom. The maximum atomic E-state index is 12.7. The summed E-state index contributed by atoms with van der Waals surface area (Å²) in [6, 6.07) is 26.2. The second-order valence-electron chi connectivity index (χ2n) is 8.45. The molecule has 0 saturated carbocycles. The van der Waals surface area contributed by atoms with Gasteiger partial charge in [-0.25, -0.2) is 9.97 Å². The normalized spacial score (nSPS) is 12.9. The van der Waals surface area contributed by atoms with Crippen LogP contribution in [0.4, 0.5) is 23.0 Å². The first kappa shape index (κ1) is 22.4. The maximum absolute atomic E-state index is 12.7. The molecule has 7 nitrogen and oxygen atoms in total. The molecule has 4 aromatic rings. The van der Waals surface area contributed by atoms with Gasteiger partial charge in [0.2, 0.25) is 0 Å². The smallest absolute Gasteiger partial charge is 0.255 e. The molecule has 1 aromatic heterocycles. The molecule has 1 fully saturated rings. The summed E-state index contributed by atoms with van der Waals surface area (Å²) in [7, 11) is 0. The number of amides is 1. The Morgan fingerprint density at radius 3 is 2.20 bits per heavy atom. The number of aryl methyl sites for hydroxylation is 1. The number of carbonyl (C=O) groups excluding carboxylic acids is 1. The molecule has 2 N–H and O–H groups in total. The van der Waals surface area contributed by atoms with Crippen LogP contribution in [-0.4, -0.2) is 29.0 Å². The van der Waals surface area contributed by atoms with E-state index < -0.39 is 0 Å². The number of rotatable bonds is 7. The summed E-state index contributed by atoms with van der Waals surface area (Å²) in [4.78, 5) is 24.1. The van der Waals surface area contributed by atoms with Crippen molar-refractivity contribution < 1.29 is 9.53 Å². The number of hydrogen-bond acceptors (Lipinski definition) is 6. The molecular weight excluding hydrogens is 438 g/mol. The number of carbonyl (C=O) groups is 1. The minimum atomic E-state index is -0.182. The van der Waals surface area contributed by atoms with E-state index >= 15 is 0 Å². The number of nitrogens with one attached hydrogen (secondary N) is 2. The van der Waals surface area contributed by atoms with Gasteiger partial charge in [-0.3, -0.25) is 4.79 Å². The molecule has 3 aromatic carbocycles. The lowest BCUT2D eigenvalue weighted by molar-refractivity contribution is 0.102. The third-order valence-electron chi connectivity index (χ3n) is 5.77. The minimum Gasteiger partial charge on any atom is -0.457 e. The quantitative estimate of drug-likeness (QED) is 0.340. The van der Waals surface area contributed by atoms with E-state index in [4.69, 9.17) is 4.74 Å². The summed E-state index contributed by atoms with van der Waals surface area (Å²) in [5.74, 6) is 3.70. The van der Waals surface area contributed by atoms with Crippen LogP contribution >= 0.6 is 0 Å². The van der Waals surface area contributed by atoms with Crippen LogP contribution in [0, 0.1) is 6.92 Å². The van der Waals surface area contributed by atoms with Gasteiger partial charge in [0.15, 0.2) is 0 Å². The number of nitrogens with zero attached hydrogens (tertiary/aromatic N) is 3. The molecular formula is C28H27N5O2. The van der Waals surface area contributed by atoms with Gasteiger partial charge in [0, 0.05) is 36.1 Å². The first-order valence-electron chi connectivity index (χ1n) is 11.7. The zero-order valence-corrected chi connectivity index (χ0v) is 19.6. The number of hydrogen-bond donors (Lipinski definition) is 2. The van der Waals surface area contributed by atoms with Crippen LogP contribution in [0.2, 0.25) is 0 Å². The Morgan fingerprint density at radius 1 is 0.829 bits per heavy atom. The molecule has 5 rings (SSSR count). The van der Waals surface area contributed by atoms with E-state index in [1.807, 2.05) is 67.6 Å². The Hall–Kier alpha value is -4.39. The molecule has 0 atom stereocenters. The molecule has 0 unspecified atom stereocenters. The van der Waals surface area contributed by atoms with Crippen molar-refractivity contribution in [3.05, 3.63) is 96.3 Å². The standard InChI is InChI=1S/C28H27N5O2/c1-20-29-26(19-27(30-20)33-17-5-6-18-33)31-22-11-13-23(14-12-22)32-28(34)21-9-15-25(16-10-21)35-24-7-3-2-4-8-24/h2-4,7-16,19H,5-6,17-18H2,1H3,(H,32,34)(H,29,30,31). The largest absolute Gasteiger partial charge is 0.457 e. The van der Waals surface area contributed by atoms with Gasteiger partial charge in [0.05, 0.1) is 0 Å². The van der Waals surface area contributed by atoms with E-state index in [0.29, 0.717) is 17.0 Å². The van der Waals surface area contributed by atoms with Crippen LogP contribution in [0.3, 0.4) is 0 Å². The van der Waals surface area contributed by atoms with Crippen LogP contribution < -0.4 is 20.3 Å². The summed E-state index contributed by atoms with van der Waals surface area (Å²) in [6.07, 6.45) is 2.40. The lowest BCUT2D eigenvalue weighted by Gasteiger charge is -2.18. The van der Waals surface area contributed by atoms with Gasteiger partial charge in [-0.1, -0.05) is 18.2 Å². The van der Waals surface area contributed by atoms with Crippen molar-refractivity contribution in [1.29, 1.82) is 0 Å². The second-order valence-corrected chi connectivity index (χ2v) is 8.45. The van der Waals surface area contributed by atoms with Crippen LogP contribution in [0.15, 0.2) is 84.9 Å². The first-order chi connectivity index (χ1) is 17.1. The van der Waals surface area contributed by atoms with E-state index in [1.165, 1.54) is 12.8 Å². The highest BCUT2D eigenvalue weighted by Crippen LogP contribution is 2.24. The number of aromatic nitrogens is 2. The van der Waals surface area contributed by atoms with Crippen LogP contribution in [0.5, 0.6) is 11.5 Å². The van der Waals surface area contributed by atoms with Crippen molar-refractivity contribution in [3.8, 4) is 11.5 Å². The fraction of sp³-hybridized carbons (Fsp3) is 0.179. The Balaban J connectivity index is 1.20. The summed E-state index contributed by atoms with van der Waals surface area (Å²) in [5.41, 5.74) is 2.15. The van der Waals surface area contributed by atoms with Crippen LogP contribution in [-0.2, 0) is 0 Å². The van der Waals surface area contributed by atoms with Gasteiger partial charge in [-0.2, -0.15) is 0 Å². The second kappa shape index (κ2) is 10.3. The van der Waals surface area contributed by atoms with Crippen molar-refractivity contribution in [1.82, 2.24) is 9.97 Å². The number of anilines is 4. The number of ether oxygens (including phenoxy) is 1. The van der Waals surface area contributed by atoms with Crippen LogP contribution in [0.25, 0.3) is 0 Å². The predicted octanol–water partition coefficient (Wildman–Crippen LogP) is 6.17. The monoisotopic (exact) mass is 465 g/mol. The van der Waals surface area contributed by atoms with Gasteiger partial charge >= 0.3 is 0 Å². The molecule has 1 amide bonds. The fourth-order valence-corrected chi connectivity index (χ4v) is 4.01. The third-order valence-corrected chi connectivity index (χ3v) is 5.77. The molecule has 1 aliphatic rings. The lowest BCUT2D eigenvalue weighted by Crippen LogP contribution is -2.19. The molecule has 35 heavy (non-hydrogen) atoms. The minimum absolute atomic E-state index is 0.182. The SMILES string of the molecule is Cc1nc(Nc2ccc(NC(=O)c3ccc(Oc4ccccc4)cc3)cc2)cc(N2CCCC2)n1. The molecule has 2 heterocycles. The van der Waals surface area contributed by atoms with E-state index in [-0.39, 0.29) is 5.91 Å². The number of benzene rings is 3. The van der Waals surface area contributed by atoms with E-state index in [1.54, 1.807) is 24.3 Å². The maximum Gasteiger partial charge on any atom is 0.255 e. The van der Waals surface area contributed by atoms with Gasteiger partial charge in [0.1, 0.15) is 29.0 Å². The topological polar surface area (TPSA) is 79.4 Å². The van der Waals surface area contributed by atoms with Gasteiger partial charge in [-0.05, 0) is 80.4 Å². The molecule has 7 heteroatoms. The average Bonchev–Trinajstić information content (AvgIpc) is 3.41. The zero-order valence-electron chi connectivity index (χ0n) is 19.6. The van der Waals surface area contributed by atoms with Crippen molar-refractivity contribution in [2.45, 2.75) is 19.8 Å². The summed E-state index contributed by atoms with van der Waals surface area (Å²) < 4.78 is 5.79. The van der Waals surface area contributed by atoms with Crippen molar-refractivity contribution in [3.63, 3.8) is 0 Å². The summed E-state index contributed by atoms with van der Waals surface area (Å²) in [6.45, 7) is 3.98. The van der Waals surface area contributed by atoms with Crippen molar-refractivity contribution >= 4 is 28.9 Å². The van der Waals surface area contributed by atoms with E-state index in [2.05, 4.69) is 25.5 Å². The highest BCUT2D eigenvalue weighted by atomic mass is 16.5. The van der Waals surface area contributed by atoms with Crippen molar-refractivity contribution in [2.75, 3.05) is 28.6 Å². The lowest BCUT2D eigenvalue weighted by atomic mass is 10.2. The van der Waals surface area contributed by atoms with Crippen LogP contribution in [0.1, 0.15) is 29.0 Å². The Labute approximate surface area is 204 Å². The molecule has 0 spiro atoms. The van der Waals surface area contributed by atoms with Gasteiger partial charge in [0.25, 0.3) is 5.91 Å². The number of para-hydroxylation sites is 1. The average molecular weight is 466 g/mol. The molecule has 0 bridgehead atoms. The molecule has 176 valence electrons. The highest BCUT2D eigenvalue weighted by Gasteiger charge is 2.15. The zero-order chi connectivity index (χ0) is 24.0. The Kier molecular flexibility index (Phi) is 6.57. The molecule has 1 aliphatic heterocycles. The van der Waals surface area contributed by atoms with E-state index in [9.17, 15) is 4.79 Å². The third kappa shape index (κ3) is 5.76. The van der Waals surface area contributed by atoms with Gasteiger partial charge < -0.3 is 20.3 Å². The van der Waals surface area contributed by atoms with Crippen molar-refractivity contribution in [2.24, 2.45) is 0 Å². The fourth-order valence-electron chi connectivity index (χ4n) is 4.01. The molecule has 0 radical (unpaired) electrons. The Bertz CT molecular complexity index is 1290. The van der Waals surface area contributed by atoms with Gasteiger partial charge in [-0.15, -0.1) is 0 Å². The van der Waals surface area contributed by atoms with E-state index in [0.717, 1.165) is 42.0 Å². The molecule has 0 aliphatic carbocycles. The molecule has 1 saturated heterocycles. The summed E-state index contributed by atoms with van der Waals surface area (Å²) in [5, 5.41) is 6.28. The predicted molar refractivity (Wildman–Crippen MR) is 139 cm³/mol. The first-order valence-corrected chi connectivity index (χ1v) is 11.7.